The topological polar surface area (TPSA) is 129 Å². The number of benzene rings is 1. The van der Waals surface area contributed by atoms with E-state index in [0.29, 0.717) is 35.6 Å². The number of aromatic nitrogens is 2. The molecule has 0 radical (unpaired) electrons. The summed E-state index contributed by atoms with van der Waals surface area (Å²) in [5.41, 5.74) is 6.01. The molecule has 1 unspecified atom stereocenters. The summed E-state index contributed by atoms with van der Waals surface area (Å²) in [5.74, 6) is -0.389. The molecular formula is C28H36IN5O6S. The number of hydrogen-bond acceptors (Lipinski definition) is 8. The van der Waals surface area contributed by atoms with Crippen LogP contribution in [0, 0.1) is 3.57 Å². The fourth-order valence-corrected chi connectivity index (χ4v) is 5.78. The average Bonchev–Trinajstić information content (AvgIpc) is 3.51. The van der Waals surface area contributed by atoms with Gasteiger partial charge in [-0.3, -0.25) is 14.5 Å². The van der Waals surface area contributed by atoms with Crippen LogP contribution in [0.15, 0.2) is 40.8 Å². The van der Waals surface area contributed by atoms with Crippen LogP contribution < -0.4 is 10.6 Å². The second-order valence-electron chi connectivity index (χ2n) is 11.1. The predicted octanol–water partition coefficient (Wildman–Crippen LogP) is 5.38. The van der Waals surface area contributed by atoms with Crippen molar-refractivity contribution < 1.29 is 28.6 Å². The Balaban J connectivity index is 1.59. The number of nitrogens with zero attached hydrogens (tertiary/aromatic N) is 4. The first kappa shape index (κ1) is 31.0. The molecule has 1 atom stereocenters. The second-order valence-corrected chi connectivity index (χ2v) is 13.2. The van der Waals surface area contributed by atoms with Gasteiger partial charge < -0.3 is 29.4 Å². The Bertz CT molecular complexity index is 1320. The molecule has 2 heterocycles. The zero-order chi connectivity index (χ0) is 29.9. The Labute approximate surface area is 257 Å². The third-order valence-corrected chi connectivity index (χ3v) is 8.20. The van der Waals surface area contributed by atoms with Crippen molar-refractivity contribution in [2.24, 2.45) is 5.73 Å². The molecule has 4 rings (SSSR count). The number of carbonyl (C=O) groups is 3. The Morgan fingerprint density at radius 1 is 1.29 bits per heavy atom. The SMILES string of the molecule is CC(C)N(CCCn1c(SC2=COC(c3ccccc3I)O2)nc(C(N)=O)c1N(C=O)C1CC1)C(=O)OC(C)(C)C. The number of ether oxygens (including phenoxy) is 3. The first-order chi connectivity index (χ1) is 19.4. The highest BCUT2D eigenvalue weighted by molar-refractivity contribution is 14.1. The zero-order valence-corrected chi connectivity index (χ0v) is 26.8. The summed E-state index contributed by atoms with van der Waals surface area (Å²) in [4.78, 5) is 45.3. The molecule has 222 valence electrons. The molecule has 41 heavy (non-hydrogen) atoms. The van der Waals surface area contributed by atoms with E-state index < -0.39 is 23.9 Å². The number of imidazole rings is 1. The first-order valence-corrected chi connectivity index (χ1v) is 15.4. The van der Waals surface area contributed by atoms with Gasteiger partial charge in [-0.05, 0) is 94.3 Å². The maximum atomic E-state index is 12.9. The number of rotatable bonds is 12. The van der Waals surface area contributed by atoms with E-state index in [4.69, 9.17) is 19.9 Å². The molecule has 1 aliphatic heterocycles. The monoisotopic (exact) mass is 697 g/mol. The van der Waals surface area contributed by atoms with Gasteiger partial charge in [0.05, 0.1) is 0 Å². The third kappa shape index (κ3) is 7.67. The molecule has 0 bridgehead atoms. The molecule has 1 aromatic heterocycles. The minimum absolute atomic E-state index is 0.00744. The first-order valence-electron chi connectivity index (χ1n) is 13.5. The molecule has 2 aliphatic rings. The quantitative estimate of drug-likeness (QED) is 0.231. The van der Waals surface area contributed by atoms with Gasteiger partial charge in [-0.15, -0.1) is 0 Å². The lowest BCUT2D eigenvalue weighted by molar-refractivity contribution is -0.107. The van der Waals surface area contributed by atoms with Crippen molar-refractivity contribution in [3.63, 3.8) is 0 Å². The van der Waals surface area contributed by atoms with Crippen molar-refractivity contribution in [1.82, 2.24) is 14.5 Å². The van der Waals surface area contributed by atoms with Crippen LogP contribution in [0.4, 0.5) is 10.6 Å². The van der Waals surface area contributed by atoms with Gasteiger partial charge in [0, 0.05) is 34.3 Å². The highest BCUT2D eigenvalue weighted by Gasteiger charge is 2.36. The normalized spacial score (nSPS) is 16.6. The summed E-state index contributed by atoms with van der Waals surface area (Å²) in [6.07, 6.45) is 3.37. The molecule has 1 fully saturated rings. The smallest absolute Gasteiger partial charge is 0.410 e. The lowest BCUT2D eigenvalue weighted by Gasteiger charge is -2.30. The molecule has 3 amide bonds. The van der Waals surface area contributed by atoms with Gasteiger partial charge in [0.15, 0.2) is 10.9 Å². The van der Waals surface area contributed by atoms with E-state index in [1.807, 2.05) is 58.9 Å². The number of anilines is 1. The Morgan fingerprint density at radius 2 is 2.00 bits per heavy atom. The molecule has 0 saturated heterocycles. The minimum atomic E-state index is -0.736. The summed E-state index contributed by atoms with van der Waals surface area (Å²) in [5, 5.41) is 0.873. The van der Waals surface area contributed by atoms with E-state index in [9.17, 15) is 14.4 Å². The number of carbonyl (C=O) groups excluding carboxylic acids is 3. The molecule has 2 aromatic rings. The maximum absolute atomic E-state index is 12.9. The van der Waals surface area contributed by atoms with Crippen LogP contribution in [-0.4, -0.2) is 57.1 Å². The van der Waals surface area contributed by atoms with Gasteiger partial charge in [0.2, 0.25) is 11.5 Å². The second kappa shape index (κ2) is 12.9. The van der Waals surface area contributed by atoms with E-state index in [-0.39, 0.29) is 17.8 Å². The lowest BCUT2D eigenvalue weighted by atomic mass is 10.2. The largest absolute Gasteiger partial charge is 0.454 e. The number of hydrogen-bond donors (Lipinski definition) is 1. The molecule has 0 spiro atoms. The van der Waals surface area contributed by atoms with Gasteiger partial charge in [-0.1, -0.05) is 18.2 Å². The van der Waals surface area contributed by atoms with Gasteiger partial charge >= 0.3 is 6.09 Å². The van der Waals surface area contributed by atoms with Crippen molar-refractivity contribution in [2.75, 3.05) is 11.4 Å². The van der Waals surface area contributed by atoms with E-state index in [2.05, 4.69) is 27.6 Å². The van der Waals surface area contributed by atoms with Gasteiger partial charge in [-0.25, -0.2) is 9.78 Å². The molecule has 11 nitrogen and oxygen atoms in total. The fraction of sp³-hybridized carbons (Fsp3) is 0.500. The van der Waals surface area contributed by atoms with Crippen molar-refractivity contribution in [3.8, 4) is 0 Å². The Hall–Kier alpha value is -2.94. The molecule has 1 saturated carbocycles. The lowest BCUT2D eigenvalue weighted by Crippen LogP contribution is -2.41. The standard InChI is InChI=1S/C28H36IN5O6S/c1-17(2)32(27(37)40-28(3,4)5)13-8-14-33-24(34(16-35)18-11-12-18)22(23(30)36)31-26(33)41-21-15-38-25(39-21)19-9-6-7-10-20(19)29/h6-7,9-10,15-18,25H,8,11-14H2,1-5H3,(H2,30,36). The molecular weight excluding hydrogens is 661 g/mol. The van der Waals surface area contributed by atoms with Crippen LogP contribution >= 0.6 is 34.4 Å². The van der Waals surface area contributed by atoms with Gasteiger partial charge in [-0.2, -0.15) is 0 Å². The minimum Gasteiger partial charge on any atom is -0.454 e. The van der Waals surface area contributed by atoms with E-state index in [1.54, 1.807) is 9.47 Å². The molecule has 1 aliphatic carbocycles. The van der Waals surface area contributed by atoms with E-state index in [1.165, 1.54) is 22.9 Å². The Kier molecular flexibility index (Phi) is 9.77. The summed E-state index contributed by atoms with van der Waals surface area (Å²) in [6, 6.07) is 7.64. The van der Waals surface area contributed by atoms with E-state index >= 15 is 0 Å². The molecule has 2 N–H and O–H groups in total. The van der Waals surface area contributed by atoms with Crippen molar-refractivity contribution in [2.45, 2.75) is 89.6 Å². The fourth-order valence-electron chi connectivity index (χ4n) is 4.29. The van der Waals surface area contributed by atoms with E-state index in [0.717, 1.165) is 28.4 Å². The number of nitrogens with two attached hydrogens (primary N) is 1. The van der Waals surface area contributed by atoms with Crippen LogP contribution in [0.3, 0.4) is 0 Å². The summed E-state index contributed by atoms with van der Waals surface area (Å²) in [6.45, 7) is 10.1. The third-order valence-electron chi connectivity index (χ3n) is 6.33. The zero-order valence-electron chi connectivity index (χ0n) is 23.8. The summed E-state index contributed by atoms with van der Waals surface area (Å²) in [7, 11) is 0. The summed E-state index contributed by atoms with van der Waals surface area (Å²) < 4.78 is 20.3. The maximum Gasteiger partial charge on any atom is 0.410 e. The Morgan fingerprint density at radius 3 is 2.59 bits per heavy atom. The van der Waals surface area contributed by atoms with Crippen LogP contribution in [-0.2, 0) is 25.5 Å². The highest BCUT2D eigenvalue weighted by Crippen LogP contribution is 2.41. The van der Waals surface area contributed by atoms with Crippen molar-refractivity contribution in [1.29, 1.82) is 0 Å². The number of halogens is 1. The van der Waals surface area contributed by atoms with Gasteiger partial charge in [0.1, 0.15) is 17.7 Å². The molecule has 1 aromatic carbocycles. The number of amides is 3. The van der Waals surface area contributed by atoms with Crippen LogP contribution in [0.2, 0.25) is 0 Å². The highest BCUT2D eigenvalue weighted by atomic mass is 127. The van der Waals surface area contributed by atoms with Crippen molar-refractivity contribution in [3.05, 3.63) is 50.4 Å². The number of primary amides is 1. The average molecular weight is 698 g/mol. The van der Waals surface area contributed by atoms with Crippen LogP contribution in [0.5, 0.6) is 0 Å². The molecule has 13 heteroatoms. The van der Waals surface area contributed by atoms with Crippen LogP contribution in [0.25, 0.3) is 0 Å². The summed E-state index contributed by atoms with van der Waals surface area (Å²) >= 11 is 3.41. The van der Waals surface area contributed by atoms with Crippen LogP contribution in [0.1, 0.15) is 76.2 Å². The van der Waals surface area contributed by atoms with Crippen molar-refractivity contribution >= 4 is 58.6 Å². The number of thioether (sulfide) groups is 1. The predicted molar refractivity (Wildman–Crippen MR) is 163 cm³/mol. The van der Waals surface area contributed by atoms with Gasteiger partial charge in [0.25, 0.3) is 12.2 Å².